The zero-order valence-corrected chi connectivity index (χ0v) is 59.7. The summed E-state index contributed by atoms with van der Waals surface area (Å²) in [6.45, 7) is 11.8. The summed E-state index contributed by atoms with van der Waals surface area (Å²) in [5.74, 6) is 0.172. The van der Waals surface area contributed by atoms with Gasteiger partial charge < -0.3 is 33.8 Å². The maximum absolute atomic E-state index is 13.0. The second-order valence-corrected chi connectivity index (χ2v) is 29.4. The Balaban J connectivity index is 5.15. The van der Waals surface area contributed by atoms with Crippen molar-refractivity contribution >= 4 is 39.5 Å². The van der Waals surface area contributed by atoms with E-state index in [2.05, 4.69) is 48.5 Å². The van der Waals surface area contributed by atoms with Gasteiger partial charge in [-0.25, -0.2) is 9.13 Å². The molecule has 0 bridgehead atoms. The molecule has 0 aliphatic carbocycles. The second kappa shape index (κ2) is 61.0. The summed E-state index contributed by atoms with van der Waals surface area (Å²) < 4.78 is 68.0. The first-order chi connectivity index (χ1) is 42.8. The Morgan fingerprint density at radius 1 is 0.326 bits per heavy atom. The van der Waals surface area contributed by atoms with Gasteiger partial charge in [-0.15, -0.1) is 0 Å². The first-order valence-electron chi connectivity index (χ1n) is 36.4. The Labute approximate surface area is 543 Å². The lowest BCUT2D eigenvalue weighted by Gasteiger charge is -2.21. The van der Waals surface area contributed by atoms with Crippen molar-refractivity contribution in [3.8, 4) is 0 Å². The number of aliphatic hydroxyl groups excluding tert-OH is 1. The number of phosphoric ester groups is 2. The molecule has 0 radical (unpaired) electrons. The molecule has 0 saturated carbocycles. The third-order valence-electron chi connectivity index (χ3n) is 16.5. The van der Waals surface area contributed by atoms with Gasteiger partial charge in [0.15, 0.2) is 12.2 Å². The zero-order chi connectivity index (χ0) is 65.9. The van der Waals surface area contributed by atoms with Crippen LogP contribution in [-0.4, -0.2) is 96.7 Å². The monoisotopic (exact) mass is 1310 g/mol. The molecule has 0 amide bonds. The van der Waals surface area contributed by atoms with Crippen molar-refractivity contribution in [2.75, 3.05) is 39.6 Å². The minimum Gasteiger partial charge on any atom is -0.462 e. The molecule has 17 nitrogen and oxygen atoms in total. The lowest BCUT2D eigenvalue weighted by atomic mass is 10.00. The lowest BCUT2D eigenvalue weighted by molar-refractivity contribution is -0.161. The number of carbonyl (C=O) groups excluding carboxylic acids is 4. The molecule has 0 saturated heterocycles. The molecule has 0 aromatic carbocycles. The van der Waals surface area contributed by atoms with Gasteiger partial charge in [-0.1, -0.05) is 299 Å². The third-order valence-corrected chi connectivity index (χ3v) is 18.4. The molecule has 0 aromatic rings. The predicted molar refractivity (Wildman–Crippen MR) is 358 cm³/mol. The molecule has 0 spiro atoms. The fourth-order valence-corrected chi connectivity index (χ4v) is 12.1. The van der Waals surface area contributed by atoms with E-state index < -0.39 is 97.5 Å². The predicted octanol–water partition coefficient (Wildman–Crippen LogP) is 19.8. The Morgan fingerprint density at radius 2 is 0.573 bits per heavy atom. The number of rotatable bonds is 68. The van der Waals surface area contributed by atoms with Gasteiger partial charge in [0.1, 0.15) is 19.3 Å². The van der Waals surface area contributed by atoms with Crippen molar-refractivity contribution in [3.63, 3.8) is 0 Å². The summed E-state index contributed by atoms with van der Waals surface area (Å²) in [5.41, 5.74) is 0. The van der Waals surface area contributed by atoms with Crippen LogP contribution in [0.5, 0.6) is 0 Å². The molecular weight excluding hydrogens is 1170 g/mol. The van der Waals surface area contributed by atoms with Gasteiger partial charge in [0, 0.05) is 25.7 Å². The van der Waals surface area contributed by atoms with Crippen LogP contribution in [0.3, 0.4) is 0 Å². The highest BCUT2D eigenvalue weighted by Crippen LogP contribution is 2.45. The van der Waals surface area contributed by atoms with E-state index in [1.165, 1.54) is 154 Å². The number of unbranched alkanes of at least 4 members (excludes halogenated alkanes) is 35. The van der Waals surface area contributed by atoms with Gasteiger partial charge in [0.05, 0.1) is 26.4 Å². The molecule has 0 aromatic heterocycles. The van der Waals surface area contributed by atoms with Gasteiger partial charge in [0.2, 0.25) is 0 Å². The average molecular weight is 1310 g/mol. The smallest absolute Gasteiger partial charge is 0.462 e. The fourth-order valence-electron chi connectivity index (χ4n) is 10.5. The second-order valence-electron chi connectivity index (χ2n) is 26.5. The molecule has 89 heavy (non-hydrogen) atoms. The van der Waals surface area contributed by atoms with E-state index in [0.29, 0.717) is 25.7 Å². The highest BCUT2D eigenvalue weighted by molar-refractivity contribution is 7.47. The maximum Gasteiger partial charge on any atom is 0.472 e. The Morgan fingerprint density at radius 3 is 0.854 bits per heavy atom. The van der Waals surface area contributed by atoms with Crippen LogP contribution in [0.15, 0.2) is 0 Å². The molecule has 0 aliphatic heterocycles. The summed E-state index contributed by atoms with van der Waals surface area (Å²) in [5, 5.41) is 10.6. The molecule has 0 rings (SSSR count). The maximum atomic E-state index is 13.0. The fraction of sp³-hybridized carbons (Fsp3) is 0.943. The van der Waals surface area contributed by atoms with E-state index in [0.717, 1.165) is 114 Å². The summed E-state index contributed by atoms with van der Waals surface area (Å²) >= 11 is 0. The first kappa shape index (κ1) is 87.1. The van der Waals surface area contributed by atoms with E-state index in [4.69, 9.17) is 37.0 Å². The number of aliphatic hydroxyl groups is 1. The van der Waals surface area contributed by atoms with Crippen LogP contribution in [0.25, 0.3) is 0 Å². The van der Waals surface area contributed by atoms with Gasteiger partial charge >= 0.3 is 39.5 Å². The Hall–Kier alpha value is -1.94. The number of phosphoric acid groups is 2. The number of esters is 4. The van der Waals surface area contributed by atoms with Crippen LogP contribution in [0, 0.1) is 17.8 Å². The van der Waals surface area contributed by atoms with Crippen LogP contribution in [0.2, 0.25) is 0 Å². The van der Waals surface area contributed by atoms with Crippen LogP contribution in [0.1, 0.15) is 350 Å². The third kappa shape index (κ3) is 63.2. The molecule has 6 atom stereocenters. The molecule has 0 aliphatic rings. The number of ether oxygens (including phenoxy) is 4. The Kier molecular flexibility index (Phi) is 59.6. The van der Waals surface area contributed by atoms with E-state index in [1.807, 2.05) is 0 Å². The summed E-state index contributed by atoms with van der Waals surface area (Å²) in [6.07, 6.45) is 44.9. The van der Waals surface area contributed by atoms with E-state index in [-0.39, 0.29) is 25.7 Å². The van der Waals surface area contributed by atoms with Crippen LogP contribution >= 0.6 is 15.6 Å². The van der Waals surface area contributed by atoms with Crippen LogP contribution < -0.4 is 0 Å². The largest absolute Gasteiger partial charge is 0.472 e. The van der Waals surface area contributed by atoms with Crippen molar-refractivity contribution in [2.45, 2.75) is 369 Å². The topological polar surface area (TPSA) is 237 Å². The van der Waals surface area contributed by atoms with Crippen LogP contribution in [-0.2, 0) is 65.4 Å². The molecule has 0 heterocycles. The van der Waals surface area contributed by atoms with E-state index >= 15 is 0 Å². The van der Waals surface area contributed by atoms with Crippen molar-refractivity contribution in [3.05, 3.63) is 0 Å². The summed E-state index contributed by atoms with van der Waals surface area (Å²) in [6, 6.07) is 0. The molecule has 528 valence electrons. The van der Waals surface area contributed by atoms with Gasteiger partial charge in [-0.3, -0.25) is 37.3 Å². The minimum atomic E-state index is -4.95. The molecular formula is C70H136O17P2. The number of hydrogen-bond acceptors (Lipinski definition) is 15. The summed E-state index contributed by atoms with van der Waals surface area (Å²) in [7, 11) is -9.89. The minimum absolute atomic E-state index is 0.102. The van der Waals surface area contributed by atoms with Crippen molar-refractivity contribution in [1.82, 2.24) is 0 Å². The van der Waals surface area contributed by atoms with Gasteiger partial charge in [-0.2, -0.15) is 0 Å². The standard InChI is InChI=1S/C70H136O17P2/c1-8-10-11-34-44-51-67(72)80-57-65(87-70(75)54-47-40-33-32-37-43-50-63(7)9-2)59-84-88(76,77)82-55-64(71)56-83-89(78,79)85-60-66(58-81-68(73)52-45-38-30-26-22-19-18-21-25-29-36-42-49-62(5)6)86-69(74)53-46-39-31-27-23-17-15-13-12-14-16-20-24-28-35-41-48-61(3)4/h61-66,71H,8-60H2,1-7H3,(H,76,77)(H,78,79)/t63?,64-,65+,66+/m0/s1. The van der Waals surface area contributed by atoms with Gasteiger partial charge in [0.25, 0.3) is 0 Å². The Bertz CT molecular complexity index is 1750. The lowest BCUT2D eigenvalue weighted by Crippen LogP contribution is -2.30. The quantitative estimate of drug-likeness (QED) is 0.0222. The van der Waals surface area contributed by atoms with E-state index in [9.17, 15) is 43.2 Å². The van der Waals surface area contributed by atoms with E-state index in [1.54, 1.807) is 0 Å². The summed E-state index contributed by atoms with van der Waals surface area (Å²) in [4.78, 5) is 72.2. The van der Waals surface area contributed by atoms with Gasteiger partial charge in [-0.05, 0) is 43.4 Å². The molecule has 3 unspecified atom stereocenters. The highest BCUT2D eigenvalue weighted by Gasteiger charge is 2.30. The SMILES string of the molecule is CCCCCCCC(=O)OC[C@H](COP(=O)(O)OC[C@H](O)COP(=O)(O)OC[C@@H](COC(=O)CCCCCCCCCCCCCCC(C)C)OC(=O)CCCCCCCCCCCCCCCCCCC(C)C)OC(=O)CCCCCCCCC(C)CC. The van der Waals surface area contributed by atoms with Crippen LogP contribution in [0.4, 0.5) is 0 Å². The average Bonchev–Trinajstić information content (AvgIpc) is 3.71. The van der Waals surface area contributed by atoms with Crippen molar-refractivity contribution < 1.29 is 80.2 Å². The molecule has 19 heteroatoms. The number of carbonyl (C=O) groups is 4. The normalized spacial score (nSPS) is 14.5. The molecule has 0 fully saturated rings. The van der Waals surface area contributed by atoms with Crippen molar-refractivity contribution in [1.29, 1.82) is 0 Å². The number of hydrogen-bond donors (Lipinski definition) is 3. The van der Waals surface area contributed by atoms with Crippen molar-refractivity contribution in [2.24, 2.45) is 17.8 Å². The molecule has 3 N–H and O–H groups in total. The highest BCUT2D eigenvalue weighted by atomic mass is 31.2. The first-order valence-corrected chi connectivity index (χ1v) is 39.4. The zero-order valence-electron chi connectivity index (χ0n) is 57.9.